The minimum absolute atomic E-state index is 0.222. The first-order chi connectivity index (χ1) is 12.6. The standard InChI is InChI=1S/C19H17ClN4O2/c1-12-5-3-4-6-14(12)19(25)22-18-10-9-17(23-24-18)21-13-7-8-16(26-2)15(20)11-13/h3-11H,1-2H3,(H,21,23)(H,22,24,25). The summed E-state index contributed by atoms with van der Waals surface area (Å²) in [4.78, 5) is 12.3. The van der Waals surface area contributed by atoms with Crippen molar-refractivity contribution in [1.82, 2.24) is 10.2 Å². The van der Waals surface area contributed by atoms with Crippen molar-refractivity contribution in [2.45, 2.75) is 6.92 Å². The number of hydrogen-bond donors (Lipinski definition) is 2. The number of nitrogens with one attached hydrogen (secondary N) is 2. The lowest BCUT2D eigenvalue weighted by atomic mass is 10.1. The van der Waals surface area contributed by atoms with E-state index in [0.29, 0.717) is 28.0 Å². The Hall–Kier alpha value is -3.12. The first-order valence-electron chi connectivity index (χ1n) is 7.88. The number of carbonyl (C=O) groups excluding carboxylic acids is 1. The van der Waals surface area contributed by atoms with Crippen LogP contribution < -0.4 is 15.4 Å². The van der Waals surface area contributed by atoms with Gasteiger partial charge in [0.05, 0.1) is 12.1 Å². The molecule has 0 aliphatic heterocycles. The number of benzene rings is 2. The van der Waals surface area contributed by atoms with Crippen LogP contribution in [0.15, 0.2) is 54.6 Å². The molecule has 1 amide bonds. The molecule has 26 heavy (non-hydrogen) atoms. The van der Waals surface area contributed by atoms with Gasteiger partial charge in [-0.1, -0.05) is 29.8 Å². The Kier molecular flexibility index (Phi) is 5.34. The van der Waals surface area contributed by atoms with Crippen LogP contribution in [0.5, 0.6) is 5.75 Å². The van der Waals surface area contributed by atoms with Gasteiger partial charge in [0.25, 0.3) is 5.91 Å². The number of anilines is 3. The van der Waals surface area contributed by atoms with Gasteiger partial charge in [-0.05, 0) is 48.9 Å². The topological polar surface area (TPSA) is 76.1 Å². The Balaban J connectivity index is 1.68. The van der Waals surface area contributed by atoms with Gasteiger partial charge in [-0.3, -0.25) is 4.79 Å². The van der Waals surface area contributed by atoms with Gasteiger partial charge in [-0.2, -0.15) is 0 Å². The van der Waals surface area contributed by atoms with Crippen LogP contribution in [-0.4, -0.2) is 23.2 Å². The van der Waals surface area contributed by atoms with E-state index in [2.05, 4.69) is 20.8 Å². The summed E-state index contributed by atoms with van der Waals surface area (Å²) in [7, 11) is 1.56. The number of aryl methyl sites for hydroxylation is 1. The molecule has 0 atom stereocenters. The van der Waals surface area contributed by atoms with Crippen LogP contribution in [0.25, 0.3) is 0 Å². The maximum Gasteiger partial charge on any atom is 0.257 e. The zero-order valence-corrected chi connectivity index (χ0v) is 15.0. The number of aromatic nitrogens is 2. The van der Waals surface area contributed by atoms with Crippen molar-refractivity contribution in [3.8, 4) is 5.75 Å². The van der Waals surface area contributed by atoms with Crippen molar-refractivity contribution >= 4 is 34.8 Å². The van der Waals surface area contributed by atoms with Gasteiger partial charge in [-0.25, -0.2) is 0 Å². The molecule has 0 saturated carbocycles. The van der Waals surface area contributed by atoms with Gasteiger partial charge in [-0.15, -0.1) is 10.2 Å². The van der Waals surface area contributed by atoms with E-state index in [1.54, 1.807) is 37.4 Å². The van der Waals surface area contributed by atoms with Gasteiger partial charge in [0.15, 0.2) is 11.6 Å². The summed E-state index contributed by atoms with van der Waals surface area (Å²) >= 11 is 6.10. The van der Waals surface area contributed by atoms with Crippen LogP contribution in [0.3, 0.4) is 0 Å². The Morgan fingerprint density at radius 3 is 2.42 bits per heavy atom. The summed E-state index contributed by atoms with van der Waals surface area (Å²) in [6, 6.07) is 16.1. The molecular formula is C19H17ClN4O2. The van der Waals surface area contributed by atoms with Crippen molar-refractivity contribution in [2.24, 2.45) is 0 Å². The minimum atomic E-state index is -0.222. The number of amides is 1. The van der Waals surface area contributed by atoms with E-state index in [4.69, 9.17) is 16.3 Å². The molecule has 0 aliphatic carbocycles. The molecule has 0 fully saturated rings. The molecule has 132 valence electrons. The molecule has 0 unspecified atom stereocenters. The van der Waals surface area contributed by atoms with Crippen molar-refractivity contribution < 1.29 is 9.53 Å². The fraction of sp³-hybridized carbons (Fsp3) is 0.105. The van der Waals surface area contributed by atoms with Crippen LogP contribution in [-0.2, 0) is 0 Å². The zero-order chi connectivity index (χ0) is 18.5. The predicted molar refractivity (Wildman–Crippen MR) is 102 cm³/mol. The Labute approximate surface area is 156 Å². The number of hydrogen-bond acceptors (Lipinski definition) is 5. The lowest BCUT2D eigenvalue weighted by Gasteiger charge is -2.09. The number of carbonyl (C=O) groups is 1. The number of halogens is 1. The number of rotatable bonds is 5. The Morgan fingerprint density at radius 2 is 1.77 bits per heavy atom. The van der Waals surface area contributed by atoms with Crippen LogP contribution >= 0.6 is 11.6 Å². The summed E-state index contributed by atoms with van der Waals surface area (Å²) in [6.07, 6.45) is 0. The van der Waals surface area contributed by atoms with E-state index < -0.39 is 0 Å². The summed E-state index contributed by atoms with van der Waals surface area (Å²) < 4.78 is 5.12. The smallest absolute Gasteiger partial charge is 0.257 e. The van der Waals surface area contributed by atoms with Gasteiger partial charge in [0.2, 0.25) is 0 Å². The summed E-state index contributed by atoms with van der Waals surface area (Å²) in [6.45, 7) is 1.88. The van der Waals surface area contributed by atoms with Crippen molar-refractivity contribution in [3.63, 3.8) is 0 Å². The van der Waals surface area contributed by atoms with E-state index >= 15 is 0 Å². The molecule has 7 heteroatoms. The first-order valence-corrected chi connectivity index (χ1v) is 8.26. The second-order valence-electron chi connectivity index (χ2n) is 5.55. The van der Waals surface area contributed by atoms with Gasteiger partial charge in [0, 0.05) is 11.3 Å². The average molecular weight is 369 g/mol. The average Bonchev–Trinajstić information content (AvgIpc) is 2.64. The van der Waals surface area contributed by atoms with E-state index in [0.717, 1.165) is 11.3 Å². The quantitative estimate of drug-likeness (QED) is 0.696. The van der Waals surface area contributed by atoms with Crippen molar-refractivity contribution in [2.75, 3.05) is 17.7 Å². The number of methoxy groups -OCH3 is 1. The van der Waals surface area contributed by atoms with E-state index in [1.807, 2.05) is 31.2 Å². The van der Waals surface area contributed by atoms with Gasteiger partial charge >= 0.3 is 0 Å². The highest BCUT2D eigenvalue weighted by atomic mass is 35.5. The monoisotopic (exact) mass is 368 g/mol. The molecule has 0 saturated heterocycles. The second-order valence-corrected chi connectivity index (χ2v) is 5.95. The van der Waals surface area contributed by atoms with E-state index in [-0.39, 0.29) is 5.91 Å². The highest BCUT2D eigenvalue weighted by Gasteiger charge is 2.10. The largest absolute Gasteiger partial charge is 0.495 e. The van der Waals surface area contributed by atoms with E-state index in [9.17, 15) is 4.79 Å². The van der Waals surface area contributed by atoms with Gasteiger partial charge < -0.3 is 15.4 Å². The zero-order valence-electron chi connectivity index (χ0n) is 14.3. The molecule has 0 radical (unpaired) electrons. The third-order valence-electron chi connectivity index (χ3n) is 3.72. The second kappa shape index (κ2) is 7.84. The Morgan fingerprint density at radius 1 is 1.04 bits per heavy atom. The summed E-state index contributed by atoms with van der Waals surface area (Å²) in [5.74, 6) is 1.27. The fourth-order valence-electron chi connectivity index (χ4n) is 2.37. The molecule has 3 aromatic rings. The molecule has 1 aromatic heterocycles. The molecule has 2 N–H and O–H groups in total. The lowest BCUT2D eigenvalue weighted by molar-refractivity contribution is 0.102. The summed E-state index contributed by atoms with van der Waals surface area (Å²) in [5, 5.41) is 14.4. The highest BCUT2D eigenvalue weighted by molar-refractivity contribution is 6.32. The highest BCUT2D eigenvalue weighted by Crippen LogP contribution is 2.28. The van der Waals surface area contributed by atoms with Crippen LogP contribution in [0.4, 0.5) is 17.3 Å². The Bertz CT molecular complexity index is 929. The maximum atomic E-state index is 12.3. The minimum Gasteiger partial charge on any atom is -0.495 e. The lowest BCUT2D eigenvalue weighted by Crippen LogP contribution is -2.14. The van der Waals surface area contributed by atoms with E-state index in [1.165, 1.54) is 0 Å². The third-order valence-corrected chi connectivity index (χ3v) is 4.02. The normalized spacial score (nSPS) is 10.3. The molecule has 0 aliphatic rings. The van der Waals surface area contributed by atoms with Crippen LogP contribution in [0, 0.1) is 6.92 Å². The van der Waals surface area contributed by atoms with Crippen molar-refractivity contribution in [3.05, 3.63) is 70.7 Å². The molecule has 3 rings (SSSR count). The van der Waals surface area contributed by atoms with Gasteiger partial charge in [0.1, 0.15) is 5.75 Å². The predicted octanol–water partition coefficient (Wildman–Crippen LogP) is 4.44. The summed E-state index contributed by atoms with van der Waals surface area (Å²) in [5.41, 5.74) is 2.25. The molecule has 6 nitrogen and oxygen atoms in total. The molecule has 2 aromatic carbocycles. The van der Waals surface area contributed by atoms with Crippen LogP contribution in [0.2, 0.25) is 5.02 Å². The van der Waals surface area contributed by atoms with Crippen molar-refractivity contribution in [1.29, 1.82) is 0 Å². The SMILES string of the molecule is COc1ccc(Nc2ccc(NC(=O)c3ccccc3C)nn2)cc1Cl. The first kappa shape index (κ1) is 17.7. The molecule has 0 bridgehead atoms. The third kappa shape index (κ3) is 4.10. The maximum absolute atomic E-state index is 12.3. The fourth-order valence-corrected chi connectivity index (χ4v) is 2.63. The number of ether oxygens (including phenoxy) is 1. The number of nitrogens with zero attached hydrogens (tertiary/aromatic N) is 2. The van der Waals surface area contributed by atoms with Crippen LogP contribution in [0.1, 0.15) is 15.9 Å². The molecule has 1 heterocycles. The molecule has 0 spiro atoms. The molecular weight excluding hydrogens is 352 g/mol.